The highest BCUT2D eigenvalue weighted by Gasteiger charge is 2.26. The van der Waals surface area contributed by atoms with E-state index in [1.807, 2.05) is 65.3 Å². The lowest BCUT2D eigenvalue weighted by Gasteiger charge is -2.24. The molecule has 0 radical (unpaired) electrons. The van der Waals surface area contributed by atoms with Gasteiger partial charge in [0.25, 0.3) is 5.91 Å². The Morgan fingerprint density at radius 3 is 2.05 bits per heavy atom. The van der Waals surface area contributed by atoms with Crippen molar-refractivity contribution in [2.24, 2.45) is 0 Å². The monoisotopic (exact) mass is 1220 g/mol. The van der Waals surface area contributed by atoms with Crippen LogP contribution in [0.1, 0.15) is 128 Å². The maximum absolute atomic E-state index is 13.2. The molecule has 0 bridgehead atoms. The lowest BCUT2D eigenvalue weighted by molar-refractivity contribution is -0.122. The summed E-state index contributed by atoms with van der Waals surface area (Å²) in [7, 11) is 7.73. The number of halogens is 2. The third-order valence-electron chi connectivity index (χ3n) is 15.6. The van der Waals surface area contributed by atoms with Gasteiger partial charge in [0.2, 0.25) is 17.4 Å². The zero-order chi connectivity index (χ0) is 61.4. The number of pyridine rings is 3. The van der Waals surface area contributed by atoms with Gasteiger partial charge in [0.05, 0.1) is 69.8 Å². The summed E-state index contributed by atoms with van der Waals surface area (Å²) in [6.45, 7) is 2.24. The van der Waals surface area contributed by atoms with Crippen LogP contribution < -0.4 is 44.4 Å². The summed E-state index contributed by atoms with van der Waals surface area (Å²) in [5.41, 5.74) is 7.25. The van der Waals surface area contributed by atoms with Gasteiger partial charge in [-0.1, -0.05) is 92.4 Å². The van der Waals surface area contributed by atoms with Crippen molar-refractivity contribution in [2.45, 2.75) is 109 Å². The first-order chi connectivity index (χ1) is 42.4. The zero-order valence-electron chi connectivity index (χ0n) is 49.7. The van der Waals surface area contributed by atoms with E-state index in [2.05, 4.69) is 37.6 Å². The SMILES string of the molecule is COc1cccc(-c2nc3c(C(=O)NC(C)C(=O)NCCC#N)cccn3c2NC2CCCCC2)c1.COc1ccn2c(C(=O)c3cc(OC)c(OC)c(OC)c3)cnc2c1.Clc1cccc(Cl)c1OCc1cccn2c(C3CCCCCC3)cnc12. The standard InChI is InChI=1S/C27H32N6O3.C21H22Cl2N2O.C18H18N2O5/c1-18(26(34)29-15-8-14-28)30-27(35)22-13-7-16-33-24(22)32-23(19-9-6-12-21(17-19)36-2)25(33)31-20-10-4-3-5-11-20;22-17-10-5-11-18(23)20(17)26-14-16-9-6-12-25-19(13-24-21(16)25)15-7-3-1-2-4-8-15;1-22-12-5-6-20-13(10-19-16(20)9-12)17(21)11-7-14(23-2)18(25-4)15(8-11)24-3/h6-7,9,12-13,16-18,20,31H,3-5,8,10-11,15H2,1-2H3,(H,29,34)(H,30,35);5-6,9-13,15H,1-4,7-8,14H2;5-10H,1-4H3. The van der Waals surface area contributed by atoms with Crippen LogP contribution in [0.4, 0.5) is 5.82 Å². The van der Waals surface area contributed by atoms with Crippen LogP contribution in [0.2, 0.25) is 10.0 Å². The number of methoxy groups -OCH3 is 5. The van der Waals surface area contributed by atoms with Gasteiger partial charge in [-0.2, -0.15) is 5.26 Å². The van der Waals surface area contributed by atoms with Gasteiger partial charge >= 0.3 is 0 Å². The van der Waals surface area contributed by atoms with Gasteiger partial charge in [-0.15, -0.1) is 0 Å². The summed E-state index contributed by atoms with van der Waals surface area (Å²) in [5, 5.41) is 18.8. The van der Waals surface area contributed by atoms with Gasteiger partial charge in [0.15, 0.2) is 22.9 Å². The number of fused-ring (bicyclic) bond motifs is 3. The second kappa shape index (κ2) is 29.9. The second-order valence-corrected chi connectivity index (χ2v) is 22.0. The van der Waals surface area contributed by atoms with E-state index in [4.69, 9.17) is 66.9 Å². The Labute approximate surface area is 515 Å². The Hall–Kier alpha value is -8.99. The van der Waals surface area contributed by atoms with E-state index in [9.17, 15) is 14.4 Å². The molecule has 0 spiro atoms. The van der Waals surface area contributed by atoms with Gasteiger partial charge < -0.3 is 48.8 Å². The molecule has 2 aliphatic rings. The van der Waals surface area contributed by atoms with Crippen molar-refractivity contribution in [2.75, 3.05) is 47.4 Å². The molecule has 2 aliphatic carbocycles. The first-order valence-corrected chi connectivity index (χ1v) is 29.9. The number of ether oxygens (including phenoxy) is 6. The van der Waals surface area contributed by atoms with Crippen LogP contribution in [0, 0.1) is 11.3 Å². The molecule has 6 aromatic heterocycles. The molecule has 21 heteroatoms. The van der Waals surface area contributed by atoms with Gasteiger partial charge in [-0.3, -0.25) is 23.2 Å². The number of hydrogen-bond acceptors (Lipinski definition) is 14. The quantitative estimate of drug-likeness (QED) is 0.0390. The van der Waals surface area contributed by atoms with Crippen molar-refractivity contribution in [1.29, 1.82) is 5.26 Å². The molecule has 1 atom stereocenters. The van der Waals surface area contributed by atoms with Crippen molar-refractivity contribution in [3.8, 4) is 51.8 Å². The predicted molar refractivity (Wildman–Crippen MR) is 336 cm³/mol. The number of imidazole rings is 3. The van der Waals surface area contributed by atoms with Crippen LogP contribution in [0.15, 0.2) is 122 Å². The van der Waals surface area contributed by atoms with Crippen molar-refractivity contribution in [3.05, 3.63) is 160 Å². The van der Waals surface area contributed by atoms with Crippen molar-refractivity contribution in [3.63, 3.8) is 0 Å². The minimum absolute atomic E-state index is 0.211. The normalized spacial score (nSPS) is 13.8. The average Bonchev–Trinajstić information content (AvgIpc) is 2.41. The van der Waals surface area contributed by atoms with Crippen LogP contribution in [0.5, 0.6) is 34.5 Å². The highest BCUT2D eigenvalue weighted by molar-refractivity contribution is 6.37. The highest BCUT2D eigenvalue weighted by atomic mass is 35.5. The number of aromatic nitrogens is 6. The molecule has 9 aromatic rings. The Kier molecular flexibility index (Phi) is 21.5. The molecule has 19 nitrogen and oxygen atoms in total. The molecule has 1 unspecified atom stereocenters. The molecule has 454 valence electrons. The molecule has 11 rings (SSSR count). The number of para-hydroxylation sites is 1. The fourth-order valence-corrected chi connectivity index (χ4v) is 11.5. The fourth-order valence-electron chi connectivity index (χ4n) is 11.0. The summed E-state index contributed by atoms with van der Waals surface area (Å²) in [6, 6.07) is 29.0. The number of carbonyl (C=O) groups excluding carboxylic acids is 3. The zero-order valence-corrected chi connectivity index (χ0v) is 51.3. The molecular weight excluding hydrogens is 1150 g/mol. The van der Waals surface area contributed by atoms with Crippen molar-refractivity contribution < 1.29 is 42.8 Å². The second-order valence-electron chi connectivity index (χ2n) is 21.1. The number of nitriles is 1. The van der Waals surface area contributed by atoms with E-state index in [0.29, 0.717) is 85.5 Å². The van der Waals surface area contributed by atoms with Crippen LogP contribution in [0.25, 0.3) is 28.2 Å². The van der Waals surface area contributed by atoms with Crippen molar-refractivity contribution >= 4 is 63.6 Å². The number of nitrogens with zero attached hydrogens (tertiary/aromatic N) is 7. The average molecular weight is 1220 g/mol. The van der Waals surface area contributed by atoms with Crippen LogP contribution in [-0.4, -0.2) is 99.9 Å². The topological polar surface area (TPSA) is 218 Å². The van der Waals surface area contributed by atoms with Gasteiger partial charge in [-0.05, 0) is 93.3 Å². The maximum atomic E-state index is 13.2. The molecule has 6 heterocycles. The molecule has 3 aromatic carbocycles. The van der Waals surface area contributed by atoms with E-state index in [-0.39, 0.29) is 24.7 Å². The van der Waals surface area contributed by atoms with Crippen LogP contribution in [0.3, 0.4) is 0 Å². The number of amides is 2. The Morgan fingerprint density at radius 1 is 0.690 bits per heavy atom. The van der Waals surface area contributed by atoms with E-state index >= 15 is 0 Å². The summed E-state index contributed by atoms with van der Waals surface area (Å²) in [4.78, 5) is 52.3. The van der Waals surface area contributed by atoms with E-state index in [1.54, 1.807) is 74.2 Å². The molecular formula is C66H72Cl2N10O9. The minimum atomic E-state index is -0.760. The number of carbonyl (C=O) groups is 3. The van der Waals surface area contributed by atoms with Gasteiger partial charge in [0, 0.05) is 71.7 Å². The molecule has 0 saturated heterocycles. The Balaban J connectivity index is 0.000000159. The van der Waals surface area contributed by atoms with Crippen LogP contribution in [-0.2, 0) is 11.4 Å². The van der Waals surface area contributed by atoms with Crippen LogP contribution >= 0.6 is 23.2 Å². The molecule has 2 fully saturated rings. The summed E-state index contributed by atoms with van der Waals surface area (Å²) >= 11 is 12.4. The maximum Gasteiger partial charge on any atom is 0.255 e. The lowest BCUT2D eigenvalue weighted by Crippen LogP contribution is -2.45. The highest BCUT2D eigenvalue weighted by Crippen LogP contribution is 2.40. The first kappa shape index (κ1) is 62.5. The summed E-state index contributed by atoms with van der Waals surface area (Å²) < 4.78 is 38.3. The molecule has 2 amide bonds. The molecule has 0 aliphatic heterocycles. The fraction of sp³-hybridized carbons (Fsp3) is 0.348. The van der Waals surface area contributed by atoms with E-state index in [1.165, 1.54) is 91.0 Å². The number of ketones is 1. The third kappa shape index (κ3) is 14.8. The number of benzene rings is 3. The Bertz CT molecular complexity index is 3850. The summed E-state index contributed by atoms with van der Waals surface area (Å²) in [6.07, 6.45) is 23.2. The van der Waals surface area contributed by atoms with E-state index < -0.39 is 11.9 Å². The molecule has 87 heavy (non-hydrogen) atoms. The number of anilines is 1. The minimum Gasteiger partial charge on any atom is -0.497 e. The van der Waals surface area contributed by atoms with Crippen molar-refractivity contribution in [1.82, 2.24) is 38.8 Å². The van der Waals surface area contributed by atoms with Gasteiger partial charge in [-0.25, -0.2) is 15.0 Å². The largest absolute Gasteiger partial charge is 0.497 e. The third-order valence-corrected chi connectivity index (χ3v) is 16.1. The Morgan fingerprint density at radius 2 is 1.36 bits per heavy atom. The summed E-state index contributed by atoms with van der Waals surface area (Å²) in [5.74, 6) is 3.67. The number of nitrogens with one attached hydrogen (secondary N) is 3. The first-order valence-electron chi connectivity index (χ1n) is 29.1. The van der Waals surface area contributed by atoms with Gasteiger partial charge in [0.1, 0.15) is 52.6 Å². The number of hydrogen-bond donors (Lipinski definition) is 3. The lowest BCUT2D eigenvalue weighted by atomic mass is 9.95. The smallest absolute Gasteiger partial charge is 0.255 e. The predicted octanol–water partition coefficient (Wildman–Crippen LogP) is 13.2. The number of rotatable bonds is 19. The van der Waals surface area contributed by atoms with E-state index in [0.717, 1.165) is 46.9 Å². The molecule has 2 saturated carbocycles. The molecule has 3 N–H and O–H groups in total.